The molecule has 0 aliphatic rings. The first-order chi connectivity index (χ1) is 4.56. The van der Waals surface area contributed by atoms with Gasteiger partial charge >= 0.3 is 0 Å². The fourth-order valence-electron chi connectivity index (χ4n) is 0.500. The van der Waals surface area contributed by atoms with Crippen LogP contribution in [0.3, 0.4) is 0 Å². The van der Waals surface area contributed by atoms with Gasteiger partial charge in [0.2, 0.25) is 0 Å². The maximum absolute atomic E-state index is 12.8. The monoisotopic (exact) mass is 165 g/mol. The highest BCUT2D eigenvalue weighted by atomic mass is 32.2. The Morgan fingerprint density at radius 3 is 2.40 bits per heavy atom. The second-order valence-electron chi connectivity index (χ2n) is 2.87. The van der Waals surface area contributed by atoms with Gasteiger partial charge in [0, 0.05) is 12.3 Å². The van der Waals surface area contributed by atoms with E-state index in [1.54, 1.807) is 25.6 Å². The molecule has 1 nitrogen and oxygen atoms in total. The quantitative estimate of drug-likeness (QED) is 0.629. The number of thioether (sulfide) groups is 1. The maximum atomic E-state index is 12.8. The molecule has 0 aromatic heterocycles. The highest BCUT2D eigenvalue weighted by molar-refractivity contribution is 7.99. The SMILES string of the molecule is CC(C)(F)CCSCCN. The zero-order valence-corrected chi connectivity index (χ0v) is 7.51. The molecule has 0 aromatic carbocycles. The topological polar surface area (TPSA) is 26.0 Å². The standard InChI is InChI=1S/C7H16FNS/c1-7(2,8)3-5-10-6-4-9/h3-6,9H2,1-2H3. The van der Waals surface area contributed by atoms with Gasteiger partial charge in [-0.3, -0.25) is 0 Å². The van der Waals surface area contributed by atoms with Crippen LogP contribution in [0.1, 0.15) is 20.3 Å². The summed E-state index contributed by atoms with van der Waals surface area (Å²) in [6.07, 6.45) is 0.623. The van der Waals surface area contributed by atoms with Crippen LogP contribution in [0.4, 0.5) is 4.39 Å². The van der Waals surface area contributed by atoms with E-state index in [1.807, 2.05) is 0 Å². The van der Waals surface area contributed by atoms with Crippen molar-refractivity contribution in [2.24, 2.45) is 5.73 Å². The Hall–Kier alpha value is 0.240. The Bertz CT molecular complexity index is 80.2. The number of rotatable bonds is 5. The third kappa shape index (κ3) is 8.24. The minimum atomic E-state index is -1.01. The molecule has 0 aliphatic carbocycles. The number of halogens is 1. The molecule has 0 radical (unpaired) electrons. The minimum Gasteiger partial charge on any atom is -0.330 e. The van der Waals surface area contributed by atoms with Crippen molar-refractivity contribution in [3.05, 3.63) is 0 Å². The summed E-state index contributed by atoms with van der Waals surface area (Å²) < 4.78 is 12.8. The highest BCUT2D eigenvalue weighted by Crippen LogP contribution is 2.16. The van der Waals surface area contributed by atoms with Crippen LogP contribution < -0.4 is 5.73 Å². The molecule has 62 valence electrons. The van der Waals surface area contributed by atoms with Crippen LogP contribution in [0.5, 0.6) is 0 Å². The molecule has 2 N–H and O–H groups in total. The van der Waals surface area contributed by atoms with E-state index in [0.29, 0.717) is 13.0 Å². The van der Waals surface area contributed by atoms with E-state index in [4.69, 9.17) is 5.73 Å². The average molecular weight is 165 g/mol. The Kier molecular flexibility index (Phi) is 5.09. The minimum absolute atomic E-state index is 0.623. The molecular formula is C7H16FNS. The first-order valence-corrected chi connectivity index (χ1v) is 4.68. The summed E-state index contributed by atoms with van der Waals surface area (Å²) in [5, 5.41) is 0. The molecule has 0 spiro atoms. The van der Waals surface area contributed by atoms with Crippen LogP contribution in [-0.2, 0) is 0 Å². The molecular weight excluding hydrogens is 149 g/mol. The van der Waals surface area contributed by atoms with Crippen molar-refractivity contribution in [3.63, 3.8) is 0 Å². The molecule has 0 rings (SSSR count). The number of hydrogen-bond acceptors (Lipinski definition) is 2. The first kappa shape index (κ1) is 10.2. The lowest BCUT2D eigenvalue weighted by atomic mass is 10.1. The van der Waals surface area contributed by atoms with E-state index in [2.05, 4.69) is 0 Å². The van der Waals surface area contributed by atoms with Crippen molar-refractivity contribution < 1.29 is 4.39 Å². The number of hydrogen-bond donors (Lipinski definition) is 1. The summed E-state index contributed by atoms with van der Waals surface area (Å²) in [4.78, 5) is 0. The Morgan fingerprint density at radius 2 is 2.00 bits per heavy atom. The van der Waals surface area contributed by atoms with E-state index < -0.39 is 5.67 Å². The molecule has 0 amide bonds. The zero-order chi connectivity index (χ0) is 8.04. The van der Waals surface area contributed by atoms with Crippen molar-refractivity contribution in [2.45, 2.75) is 25.9 Å². The van der Waals surface area contributed by atoms with Gasteiger partial charge < -0.3 is 5.73 Å². The molecule has 0 unspecified atom stereocenters. The van der Waals surface area contributed by atoms with Crippen molar-refractivity contribution in [2.75, 3.05) is 18.1 Å². The molecule has 3 heteroatoms. The van der Waals surface area contributed by atoms with Gasteiger partial charge in [-0.2, -0.15) is 11.8 Å². The van der Waals surface area contributed by atoms with Gasteiger partial charge in [-0.05, 0) is 26.0 Å². The number of alkyl halides is 1. The van der Waals surface area contributed by atoms with Gasteiger partial charge in [-0.1, -0.05) is 0 Å². The normalized spacial score (nSPS) is 12.0. The van der Waals surface area contributed by atoms with Crippen molar-refractivity contribution in [1.29, 1.82) is 0 Å². The van der Waals surface area contributed by atoms with E-state index in [-0.39, 0.29) is 0 Å². The average Bonchev–Trinajstić information content (AvgIpc) is 1.78. The smallest absolute Gasteiger partial charge is 0.106 e. The number of nitrogens with two attached hydrogens (primary N) is 1. The van der Waals surface area contributed by atoms with Crippen molar-refractivity contribution in [1.82, 2.24) is 0 Å². The molecule has 0 fully saturated rings. The Morgan fingerprint density at radius 1 is 1.40 bits per heavy atom. The fraction of sp³-hybridized carbons (Fsp3) is 1.00. The van der Waals surface area contributed by atoms with Gasteiger partial charge in [0.15, 0.2) is 0 Å². The van der Waals surface area contributed by atoms with E-state index in [1.165, 1.54) is 0 Å². The van der Waals surface area contributed by atoms with E-state index in [0.717, 1.165) is 11.5 Å². The lowest BCUT2D eigenvalue weighted by Crippen LogP contribution is -2.13. The highest BCUT2D eigenvalue weighted by Gasteiger charge is 2.13. The lowest BCUT2D eigenvalue weighted by molar-refractivity contribution is 0.212. The Labute approximate surface area is 66.6 Å². The van der Waals surface area contributed by atoms with Gasteiger partial charge in [0.1, 0.15) is 5.67 Å². The van der Waals surface area contributed by atoms with E-state index in [9.17, 15) is 4.39 Å². The van der Waals surface area contributed by atoms with Crippen LogP contribution in [0, 0.1) is 0 Å². The van der Waals surface area contributed by atoms with Gasteiger partial charge in [0.25, 0.3) is 0 Å². The summed E-state index contributed by atoms with van der Waals surface area (Å²) in [7, 11) is 0. The molecule has 0 saturated carbocycles. The zero-order valence-electron chi connectivity index (χ0n) is 6.69. The molecule has 0 atom stereocenters. The second-order valence-corrected chi connectivity index (χ2v) is 4.09. The van der Waals surface area contributed by atoms with Crippen LogP contribution in [0.25, 0.3) is 0 Å². The third-order valence-electron chi connectivity index (χ3n) is 1.10. The molecule has 0 bridgehead atoms. The van der Waals surface area contributed by atoms with Gasteiger partial charge in [-0.25, -0.2) is 4.39 Å². The largest absolute Gasteiger partial charge is 0.330 e. The molecule has 0 aliphatic heterocycles. The summed E-state index contributed by atoms with van der Waals surface area (Å²) in [5.74, 6) is 1.82. The second kappa shape index (κ2) is 4.97. The van der Waals surface area contributed by atoms with Crippen molar-refractivity contribution in [3.8, 4) is 0 Å². The summed E-state index contributed by atoms with van der Waals surface area (Å²) >= 11 is 1.72. The lowest BCUT2D eigenvalue weighted by Gasteiger charge is -2.12. The van der Waals surface area contributed by atoms with Gasteiger partial charge in [0.05, 0.1) is 0 Å². The summed E-state index contributed by atoms with van der Waals surface area (Å²) in [5.41, 5.74) is 4.25. The predicted octanol–water partition coefficient (Wildman–Crippen LogP) is 1.82. The van der Waals surface area contributed by atoms with Crippen LogP contribution in [-0.4, -0.2) is 23.7 Å². The Balaban J connectivity index is 3.04. The first-order valence-electron chi connectivity index (χ1n) is 3.53. The van der Waals surface area contributed by atoms with Crippen LogP contribution in [0.2, 0.25) is 0 Å². The molecule has 10 heavy (non-hydrogen) atoms. The fourth-order valence-corrected chi connectivity index (χ4v) is 1.50. The van der Waals surface area contributed by atoms with Crippen molar-refractivity contribution >= 4 is 11.8 Å². The maximum Gasteiger partial charge on any atom is 0.106 e. The predicted molar refractivity (Wildman–Crippen MR) is 46.2 cm³/mol. The summed E-state index contributed by atoms with van der Waals surface area (Å²) in [6.45, 7) is 3.91. The summed E-state index contributed by atoms with van der Waals surface area (Å²) in [6, 6.07) is 0. The van der Waals surface area contributed by atoms with Gasteiger partial charge in [-0.15, -0.1) is 0 Å². The molecule has 0 heterocycles. The van der Waals surface area contributed by atoms with Crippen LogP contribution in [0.15, 0.2) is 0 Å². The third-order valence-corrected chi connectivity index (χ3v) is 2.12. The molecule has 0 aromatic rings. The van der Waals surface area contributed by atoms with E-state index >= 15 is 0 Å². The van der Waals surface area contributed by atoms with Crippen LogP contribution >= 0.6 is 11.8 Å². The molecule has 0 saturated heterocycles.